The van der Waals surface area contributed by atoms with Gasteiger partial charge in [0.25, 0.3) is 0 Å². The SMILES string of the molecule is CCCN(CC1COc2ccccc2O1)C(=O)C1CCCNC1.Cl. The fourth-order valence-corrected chi connectivity index (χ4v) is 3.28. The number of fused-ring (bicyclic) bond motifs is 1. The van der Waals surface area contributed by atoms with Crippen molar-refractivity contribution in [1.82, 2.24) is 10.2 Å². The molecule has 2 aliphatic rings. The third-order valence-corrected chi connectivity index (χ3v) is 4.44. The van der Waals surface area contributed by atoms with Crippen LogP contribution in [0.4, 0.5) is 0 Å². The minimum Gasteiger partial charge on any atom is -0.486 e. The maximum absolute atomic E-state index is 12.8. The van der Waals surface area contributed by atoms with E-state index >= 15 is 0 Å². The third-order valence-electron chi connectivity index (χ3n) is 4.44. The first-order valence-corrected chi connectivity index (χ1v) is 8.66. The van der Waals surface area contributed by atoms with E-state index in [9.17, 15) is 4.79 Å². The lowest BCUT2D eigenvalue weighted by atomic mass is 9.98. The van der Waals surface area contributed by atoms with E-state index in [1.807, 2.05) is 29.2 Å². The maximum atomic E-state index is 12.8. The molecular weight excluding hydrogens is 328 g/mol. The van der Waals surface area contributed by atoms with Crippen molar-refractivity contribution in [3.63, 3.8) is 0 Å². The van der Waals surface area contributed by atoms with Gasteiger partial charge in [0.1, 0.15) is 6.61 Å². The van der Waals surface area contributed by atoms with Crippen molar-refractivity contribution < 1.29 is 14.3 Å². The van der Waals surface area contributed by atoms with Crippen LogP contribution in [0.2, 0.25) is 0 Å². The highest BCUT2D eigenvalue weighted by Crippen LogP contribution is 2.31. The Morgan fingerprint density at radius 1 is 1.33 bits per heavy atom. The topological polar surface area (TPSA) is 50.8 Å². The van der Waals surface area contributed by atoms with Crippen molar-refractivity contribution in [1.29, 1.82) is 0 Å². The number of halogens is 1. The predicted molar refractivity (Wildman–Crippen MR) is 96.1 cm³/mol. The fourth-order valence-electron chi connectivity index (χ4n) is 3.28. The van der Waals surface area contributed by atoms with Gasteiger partial charge in [-0.3, -0.25) is 4.79 Å². The highest BCUT2D eigenvalue weighted by molar-refractivity contribution is 5.85. The van der Waals surface area contributed by atoms with Crippen LogP contribution in [-0.2, 0) is 4.79 Å². The van der Waals surface area contributed by atoms with Crippen molar-refractivity contribution in [3.05, 3.63) is 24.3 Å². The number of benzene rings is 1. The van der Waals surface area contributed by atoms with Crippen LogP contribution >= 0.6 is 12.4 Å². The number of hydrogen-bond acceptors (Lipinski definition) is 4. The number of nitrogens with one attached hydrogen (secondary N) is 1. The fraction of sp³-hybridized carbons (Fsp3) is 0.611. The number of piperidine rings is 1. The molecule has 2 heterocycles. The molecule has 3 rings (SSSR count). The Kier molecular flexibility index (Phi) is 7.18. The van der Waals surface area contributed by atoms with Gasteiger partial charge in [0.05, 0.1) is 12.5 Å². The number of carbonyl (C=O) groups is 1. The Labute approximate surface area is 150 Å². The smallest absolute Gasteiger partial charge is 0.227 e. The zero-order valence-electron chi connectivity index (χ0n) is 14.2. The highest BCUT2D eigenvalue weighted by atomic mass is 35.5. The first-order chi connectivity index (χ1) is 11.3. The molecule has 0 aliphatic carbocycles. The van der Waals surface area contributed by atoms with Gasteiger partial charge in [-0.05, 0) is 37.9 Å². The molecule has 0 aromatic heterocycles. The van der Waals surface area contributed by atoms with Gasteiger partial charge >= 0.3 is 0 Å². The van der Waals surface area contributed by atoms with Crippen LogP contribution in [0.25, 0.3) is 0 Å². The molecule has 24 heavy (non-hydrogen) atoms. The summed E-state index contributed by atoms with van der Waals surface area (Å²) in [5.74, 6) is 1.91. The normalized spacial score (nSPS) is 22.4. The quantitative estimate of drug-likeness (QED) is 0.882. The molecule has 5 nitrogen and oxygen atoms in total. The molecule has 2 aliphatic heterocycles. The van der Waals surface area contributed by atoms with E-state index in [1.54, 1.807) is 0 Å². The summed E-state index contributed by atoms with van der Waals surface area (Å²) in [5.41, 5.74) is 0. The number of amides is 1. The molecule has 0 spiro atoms. The Hall–Kier alpha value is -1.46. The van der Waals surface area contributed by atoms with Gasteiger partial charge in [-0.1, -0.05) is 19.1 Å². The zero-order chi connectivity index (χ0) is 16.1. The number of hydrogen-bond donors (Lipinski definition) is 1. The molecule has 1 N–H and O–H groups in total. The van der Waals surface area contributed by atoms with Gasteiger partial charge in [-0.25, -0.2) is 0 Å². The molecule has 1 aromatic carbocycles. The molecule has 2 atom stereocenters. The lowest BCUT2D eigenvalue weighted by Crippen LogP contribution is -2.48. The van der Waals surface area contributed by atoms with Gasteiger partial charge in [0, 0.05) is 13.1 Å². The van der Waals surface area contributed by atoms with Crippen LogP contribution in [0.1, 0.15) is 26.2 Å². The Morgan fingerprint density at radius 2 is 2.12 bits per heavy atom. The van der Waals surface area contributed by atoms with Crippen molar-refractivity contribution in [2.24, 2.45) is 5.92 Å². The van der Waals surface area contributed by atoms with Crippen molar-refractivity contribution in [3.8, 4) is 11.5 Å². The highest BCUT2D eigenvalue weighted by Gasteiger charge is 2.29. The number of carbonyl (C=O) groups excluding carboxylic acids is 1. The summed E-state index contributed by atoms with van der Waals surface area (Å²) in [6.07, 6.45) is 2.91. The predicted octanol–water partition coefficient (Wildman–Crippen LogP) is 2.49. The molecular formula is C18H27ClN2O3. The molecule has 1 amide bonds. The molecule has 1 aromatic rings. The summed E-state index contributed by atoms with van der Waals surface area (Å²) in [5, 5.41) is 3.33. The maximum Gasteiger partial charge on any atom is 0.227 e. The molecule has 0 bridgehead atoms. The number of nitrogens with zero attached hydrogens (tertiary/aromatic N) is 1. The second-order valence-electron chi connectivity index (χ2n) is 6.33. The van der Waals surface area contributed by atoms with Gasteiger partial charge in [-0.2, -0.15) is 0 Å². The monoisotopic (exact) mass is 354 g/mol. The van der Waals surface area contributed by atoms with Crippen molar-refractivity contribution in [2.75, 3.05) is 32.8 Å². The number of ether oxygens (including phenoxy) is 2. The van der Waals surface area contributed by atoms with E-state index in [2.05, 4.69) is 12.2 Å². The first kappa shape index (κ1) is 18.9. The van der Waals surface area contributed by atoms with Crippen LogP contribution in [0.15, 0.2) is 24.3 Å². The summed E-state index contributed by atoms with van der Waals surface area (Å²) in [6, 6.07) is 7.70. The van der Waals surface area contributed by atoms with E-state index in [-0.39, 0.29) is 30.3 Å². The van der Waals surface area contributed by atoms with E-state index in [0.717, 1.165) is 50.4 Å². The van der Waals surface area contributed by atoms with Crippen molar-refractivity contribution >= 4 is 18.3 Å². The Bertz CT molecular complexity index is 535. The van der Waals surface area contributed by atoms with Crippen LogP contribution in [0, 0.1) is 5.92 Å². The van der Waals surface area contributed by atoms with E-state index in [0.29, 0.717) is 13.2 Å². The minimum absolute atomic E-state index is 0. The van der Waals surface area contributed by atoms with Gasteiger partial charge in [-0.15, -0.1) is 12.4 Å². The average Bonchev–Trinajstić information content (AvgIpc) is 2.61. The molecule has 1 saturated heterocycles. The third kappa shape index (κ3) is 4.54. The lowest BCUT2D eigenvalue weighted by molar-refractivity contribution is -0.137. The standard InChI is InChI=1S/C18H26N2O3.ClH/c1-2-10-20(18(21)14-6-5-9-19-11-14)12-15-13-22-16-7-3-4-8-17(16)23-15;/h3-4,7-8,14-15,19H,2,5-6,9-13H2,1H3;1H. The van der Waals surface area contributed by atoms with E-state index in [1.165, 1.54) is 0 Å². The largest absolute Gasteiger partial charge is 0.486 e. The molecule has 6 heteroatoms. The van der Waals surface area contributed by atoms with Crippen LogP contribution in [-0.4, -0.2) is 49.7 Å². The molecule has 0 saturated carbocycles. The van der Waals surface area contributed by atoms with Gasteiger partial charge in [0.2, 0.25) is 5.91 Å². The van der Waals surface area contributed by atoms with Gasteiger partial charge in [0.15, 0.2) is 17.6 Å². The average molecular weight is 355 g/mol. The van der Waals surface area contributed by atoms with Crippen LogP contribution in [0.3, 0.4) is 0 Å². The summed E-state index contributed by atoms with van der Waals surface area (Å²) < 4.78 is 11.8. The van der Waals surface area contributed by atoms with E-state index in [4.69, 9.17) is 9.47 Å². The Morgan fingerprint density at radius 3 is 2.83 bits per heavy atom. The summed E-state index contributed by atoms with van der Waals surface area (Å²) in [6.45, 7) is 5.78. The molecule has 2 unspecified atom stereocenters. The van der Waals surface area contributed by atoms with Crippen LogP contribution < -0.4 is 14.8 Å². The van der Waals surface area contributed by atoms with Crippen LogP contribution in [0.5, 0.6) is 11.5 Å². The lowest BCUT2D eigenvalue weighted by Gasteiger charge is -2.34. The zero-order valence-corrected chi connectivity index (χ0v) is 15.0. The van der Waals surface area contributed by atoms with E-state index < -0.39 is 0 Å². The molecule has 134 valence electrons. The number of para-hydroxylation sites is 2. The summed E-state index contributed by atoms with van der Waals surface area (Å²) >= 11 is 0. The van der Waals surface area contributed by atoms with Gasteiger partial charge < -0.3 is 19.7 Å². The van der Waals surface area contributed by atoms with Crippen molar-refractivity contribution in [2.45, 2.75) is 32.3 Å². The minimum atomic E-state index is -0.100. The molecule has 0 radical (unpaired) electrons. The first-order valence-electron chi connectivity index (χ1n) is 8.66. The Balaban J connectivity index is 0.00000208. The second kappa shape index (κ2) is 9.14. The summed E-state index contributed by atoms with van der Waals surface area (Å²) in [7, 11) is 0. The molecule has 1 fully saturated rings. The second-order valence-corrected chi connectivity index (χ2v) is 6.33. The summed E-state index contributed by atoms with van der Waals surface area (Å²) in [4.78, 5) is 14.8. The number of rotatable bonds is 5.